The van der Waals surface area contributed by atoms with Gasteiger partial charge < -0.3 is 5.11 Å². The van der Waals surface area contributed by atoms with Crippen LogP contribution in [0.25, 0.3) is 0 Å². The average molecular weight is 177 g/mol. The van der Waals surface area contributed by atoms with Gasteiger partial charge in [0.25, 0.3) is 0 Å². The predicted molar refractivity (Wildman–Crippen MR) is 38.9 cm³/mol. The van der Waals surface area contributed by atoms with Crippen molar-refractivity contribution < 1.29 is 5.11 Å². The van der Waals surface area contributed by atoms with Crippen LogP contribution in [0.2, 0.25) is 0 Å². The molecule has 0 rings (SSSR count). The van der Waals surface area contributed by atoms with Gasteiger partial charge in [0.2, 0.25) is 0 Å². The van der Waals surface area contributed by atoms with Crippen LogP contribution in [0.3, 0.4) is 0 Å². The van der Waals surface area contributed by atoms with Crippen LogP contribution >= 0.6 is 15.9 Å². The Kier molecular flexibility index (Phi) is 3.83. The van der Waals surface area contributed by atoms with Gasteiger partial charge >= 0.3 is 0 Å². The molecule has 0 aliphatic rings. The van der Waals surface area contributed by atoms with Gasteiger partial charge in [-0.25, -0.2) is 0 Å². The van der Waals surface area contributed by atoms with Crippen molar-refractivity contribution in [3.63, 3.8) is 0 Å². The van der Waals surface area contributed by atoms with Crippen LogP contribution in [0.5, 0.6) is 0 Å². The van der Waals surface area contributed by atoms with E-state index in [-0.39, 0.29) is 0 Å². The first-order valence-electron chi connectivity index (χ1n) is 2.31. The third-order valence-corrected chi connectivity index (χ3v) is 1.28. The normalized spacial score (nSPS) is 12.8. The number of hydrogen-bond acceptors (Lipinski definition) is 1. The standard InChI is InChI=1S/C6H9BrO/c1-3-4-6(8)5(2)7/h3,6,8H,1-2,4H2. The fourth-order valence-electron chi connectivity index (χ4n) is 0.286. The smallest absolute Gasteiger partial charge is 0.0882 e. The molecule has 0 aromatic heterocycles. The van der Waals surface area contributed by atoms with E-state index in [1.165, 1.54) is 0 Å². The molecule has 0 amide bonds. The minimum atomic E-state index is -0.479. The second-order valence-electron chi connectivity index (χ2n) is 1.49. The first-order chi connectivity index (χ1) is 3.68. The summed E-state index contributed by atoms with van der Waals surface area (Å²) in [6, 6.07) is 0. The largest absolute Gasteiger partial charge is 0.388 e. The van der Waals surface area contributed by atoms with Crippen LogP contribution in [0, 0.1) is 0 Å². The lowest BCUT2D eigenvalue weighted by Gasteiger charge is -2.02. The zero-order valence-electron chi connectivity index (χ0n) is 4.60. The number of halogens is 1. The highest BCUT2D eigenvalue weighted by molar-refractivity contribution is 9.11. The van der Waals surface area contributed by atoms with Gasteiger partial charge in [0.1, 0.15) is 0 Å². The summed E-state index contributed by atoms with van der Waals surface area (Å²) in [5, 5.41) is 8.91. The van der Waals surface area contributed by atoms with E-state index in [0.717, 1.165) is 0 Å². The van der Waals surface area contributed by atoms with Crippen molar-refractivity contribution in [1.29, 1.82) is 0 Å². The molecule has 0 aromatic carbocycles. The molecule has 0 bridgehead atoms. The highest BCUT2D eigenvalue weighted by Crippen LogP contribution is 2.10. The summed E-state index contributed by atoms with van der Waals surface area (Å²) in [4.78, 5) is 0. The molecule has 2 heteroatoms. The minimum absolute atomic E-state index is 0.479. The quantitative estimate of drug-likeness (QED) is 0.652. The van der Waals surface area contributed by atoms with Crippen LogP contribution in [-0.2, 0) is 0 Å². The lowest BCUT2D eigenvalue weighted by atomic mass is 10.2. The fraction of sp³-hybridized carbons (Fsp3) is 0.333. The van der Waals surface area contributed by atoms with Crippen molar-refractivity contribution in [2.75, 3.05) is 0 Å². The van der Waals surface area contributed by atoms with E-state index in [1.807, 2.05) is 0 Å². The Labute approximate surface area is 57.8 Å². The molecule has 1 atom stereocenters. The number of rotatable bonds is 3. The Morgan fingerprint density at radius 2 is 2.38 bits per heavy atom. The molecule has 0 radical (unpaired) electrons. The number of aliphatic hydroxyl groups is 1. The van der Waals surface area contributed by atoms with Crippen LogP contribution in [0.1, 0.15) is 6.42 Å². The molecule has 0 saturated heterocycles. The van der Waals surface area contributed by atoms with E-state index in [1.54, 1.807) is 6.08 Å². The highest BCUT2D eigenvalue weighted by Gasteiger charge is 2.00. The molecule has 0 aromatic rings. The molecule has 0 aliphatic carbocycles. The zero-order valence-corrected chi connectivity index (χ0v) is 6.19. The molecule has 0 spiro atoms. The summed E-state index contributed by atoms with van der Waals surface area (Å²) in [7, 11) is 0. The Hall–Kier alpha value is -0.0800. The Bertz CT molecular complexity index is 98.7. The topological polar surface area (TPSA) is 20.2 Å². The van der Waals surface area contributed by atoms with Crippen molar-refractivity contribution in [2.24, 2.45) is 0 Å². The summed E-state index contributed by atoms with van der Waals surface area (Å²) in [5.41, 5.74) is 0. The van der Waals surface area contributed by atoms with E-state index in [4.69, 9.17) is 5.11 Å². The molecule has 1 N–H and O–H groups in total. The van der Waals surface area contributed by atoms with Crippen LogP contribution in [0.15, 0.2) is 23.7 Å². The molecular formula is C6H9BrO. The zero-order chi connectivity index (χ0) is 6.57. The van der Waals surface area contributed by atoms with E-state index < -0.39 is 6.10 Å². The molecule has 0 fully saturated rings. The Morgan fingerprint density at radius 1 is 1.88 bits per heavy atom. The maximum absolute atomic E-state index is 8.91. The van der Waals surface area contributed by atoms with Crippen LogP contribution in [0.4, 0.5) is 0 Å². The molecule has 1 unspecified atom stereocenters. The lowest BCUT2D eigenvalue weighted by molar-refractivity contribution is 0.224. The first-order valence-corrected chi connectivity index (χ1v) is 3.11. The third-order valence-electron chi connectivity index (χ3n) is 0.751. The van der Waals surface area contributed by atoms with Gasteiger partial charge in [-0.2, -0.15) is 0 Å². The van der Waals surface area contributed by atoms with Gasteiger partial charge in [-0.1, -0.05) is 28.6 Å². The summed E-state index contributed by atoms with van der Waals surface area (Å²) in [5.74, 6) is 0. The summed E-state index contributed by atoms with van der Waals surface area (Å²) in [6.45, 7) is 6.95. The lowest BCUT2D eigenvalue weighted by Crippen LogP contribution is -2.02. The van der Waals surface area contributed by atoms with E-state index >= 15 is 0 Å². The summed E-state index contributed by atoms with van der Waals surface area (Å²) < 4.78 is 0.609. The van der Waals surface area contributed by atoms with E-state index in [9.17, 15) is 0 Å². The maximum atomic E-state index is 8.91. The summed E-state index contributed by atoms with van der Waals surface area (Å²) >= 11 is 3.05. The first kappa shape index (κ1) is 7.92. The van der Waals surface area contributed by atoms with Crippen molar-refractivity contribution >= 4 is 15.9 Å². The highest BCUT2D eigenvalue weighted by atomic mass is 79.9. The van der Waals surface area contributed by atoms with Crippen LogP contribution < -0.4 is 0 Å². The second-order valence-corrected chi connectivity index (χ2v) is 2.51. The third kappa shape index (κ3) is 2.99. The molecule has 8 heavy (non-hydrogen) atoms. The molecule has 46 valence electrons. The monoisotopic (exact) mass is 176 g/mol. The number of hydrogen-bond donors (Lipinski definition) is 1. The van der Waals surface area contributed by atoms with Gasteiger partial charge in [-0.3, -0.25) is 0 Å². The van der Waals surface area contributed by atoms with E-state index in [0.29, 0.717) is 10.9 Å². The van der Waals surface area contributed by atoms with Crippen molar-refractivity contribution in [1.82, 2.24) is 0 Å². The molecule has 0 saturated carbocycles. The minimum Gasteiger partial charge on any atom is -0.388 e. The van der Waals surface area contributed by atoms with Gasteiger partial charge in [0.15, 0.2) is 0 Å². The Balaban J connectivity index is 3.46. The van der Waals surface area contributed by atoms with Gasteiger partial charge in [-0.05, 0) is 6.42 Å². The van der Waals surface area contributed by atoms with E-state index in [2.05, 4.69) is 29.1 Å². The fourth-order valence-corrected chi connectivity index (χ4v) is 0.473. The molecule has 0 heterocycles. The van der Waals surface area contributed by atoms with Gasteiger partial charge in [0, 0.05) is 4.48 Å². The molecule has 1 nitrogen and oxygen atoms in total. The van der Waals surface area contributed by atoms with Crippen molar-refractivity contribution in [2.45, 2.75) is 12.5 Å². The van der Waals surface area contributed by atoms with Gasteiger partial charge in [-0.15, -0.1) is 6.58 Å². The SMILES string of the molecule is C=CCC(O)C(=C)Br. The molecular weight excluding hydrogens is 168 g/mol. The van der Waals surface area contributed by atoms with Gasteiger partial charge in [0.05, 0.1) is 6.10 Å². The van der Waals surface area contributed by atoms with Crippen LogP contribution in [-0.4, -0.2) is 11.2 Å². The summed E-state index contributed by atoms with van der Waals surface area (Å²) in [6.07, 6.45) is 1.73. The predicted octanol–water partition coefficient (Wildman–Crippen LogP) is 1.83. The Morgan fingerprint density at radius 3 is 2.50 bits per heavy atom. The average Bonchev–Trinajstić information content (AvgIpc) is 1.67. The second kappa shape index (κ2) is 3.87. The maximum Gasteiger partial charge on any atom is 0.0882 e. The van der Waals surface area contributed by atoms with Crippen molar-refractivity contribution in [3.05, 3.63) is 23.7 Å². The molecule has 0 aliphatic heterocycles. The van der Waals surface area contributed by atoms with Crippen molar-refractivity contribution in [3.8, 4) is 0 Å². The number of aliphatic hydroxyl groups excluding tert-OH is 1.